The summed E-state index contributed by atoms with van der Waals surface area (Å²) in [6.07, 6.45) is 2.67. The third-order valence-electron chi connectivity index (χ3n) is 7.22. The van der Waals surface area contributed by atoms with E-state index in [4.69, 9.17) is 27.9 Å². The molecule has 8 heteroatoms. The average Bonchev–Trinajstić information content (AvgIpc) is 3.02. The molecule has 0 spiro atoms. The summed E-state index contributed by atoms with van der Waals surface area (Å²) >= 11 is 12.0. The van der Waals surface area contributed by atoms with E-state index in [0.717, 1.165) is 74.7 Å². The van der Waals surface area contributed by atoms with E-state index < -0.39 is 0 Å². The third-order valence-corrected chi connectivity index (χ3v) is 7.69. The van der Waals surface area contributed by atoms with E-state index in [2.05, 4.69) is 52.6 Å². The molecule has 4 rings (SSSR count). The van der Waals surface area contributed by atoms with Crippen LogP contribution in [-0.2, 0) is 4.74 Å². The number of piperazine rings is 2. The van der Waals surface area contributed by atoms with E-state index >= 15 is 0 Å². The van der Waals surface area contributed by atoms with Crippen LogP contribution in [0.1, 0.15) is 51.2 Å². The minimum absolute atomic E-state index is 0.192. The lowest BCUT2D eigenvalue weighted by atomic mass is 10.1. The second-order valence-corrected chi connectivity index (χ2v) is 11.2. The zero-order valence-corrected chi connectivity index (χ0v) is 26.7. The van der Waals surface area contributed by atoms with E-state index in [1.54, 1.807) is 4.90 Å². The number of ether oxygens (including phenoxy) is 1. The summed E-state index contributed by atoms with van der Waals surface area (Å²) in [6.45, 7) is 14.1. The van der Waals surface area contributed by atoms with Crippen LogP contribution in [0, 0.1) is 23.7 Å². The van der Waals surface area contributed by atoms with Crippen molar-refractivity contribution in [1.29, 1.82) is 0 Å². The molecule has 0 aromatic heterocycles. The molecule has 2 saturated heterocycles. The first-order valence-electron chi connectivity index (χ1n) is 15.1. The monoisotopic (exact) mass is 610 g/mol. The predicted octanol–water partition coefficient (Wildman–Crippen LogP) is 6.01. The SMILES string of the molecule is CCC(C#Cc1cccc(Cl)c1)N1CCNCC1.CCCOC(=O)N1CCN(C(C#Cc2cccc(Cl)c2)CC)CC1. The zero-order valence-electron chi connectivity index (χ0n) is 25.2. The fourth-order valence-corrected chi connectivity index (χ4v) is 5.24. The van der Waals surface area contributed by atoms with Crippen LogP contribution in [-0.4, -0.2) is 91.8 Å². The fraction of sp³-hybridized carbons (Fsp3) is 0.500. The number of hydrogen-bond acceptors (Lipinski definition) is 5. The Morgan fingerprint density at radius 2 is 1.31 bits per heavy atom. The van der Waals surface area contributed by atoms with Crippen LogP contribution in [0.15, 0.2) is 48.5 Å². The maximum atomic E-state index is 11.9. The van der Waals surface area contributed by atoms with Gasteiger partial charge in [-0.2, -0.15) is 0 Å². The minimum atomic E-state index is -0.199. The Morgan fingerprint density at radius 1 is 0.810 bits per heavy atom. The summed E-state index contributed by atoms with van der Waals surface area (Å²) in [5, 5.41) is 4.82. The number of carbonyl (C=O) groups excluding carboxylic acids is 1. The van der Waals surface area contributed by atoms with Crippen LogP contribution >= 0.6 is 23.2 Å². The van der Waals surface area contributed by atoms with Crippen molar-refractivity contribution < 1.29 is 9.53 Å². The van der Waals surface area contributed by atoms with Gasteiger partial charge in [0.05, 0.1) is 18.7 Å². The second-order valence-electron chi connectivity index (χ2n) is 10.3. The van der Waals surface area contributed by atoms with Crippen molar-refractivity contribution in [2.75, 3.05) is 59.0 Å². The van der Waals surface area contributed by atoms with Gasteiger partial charge in [-0.1, -0.05) is 79.8 Å². The molecule has 1 amide bonds. The van der Waals surface area contributed by atoms with Crippen molar-refractivity contribution in [3.8, 4) is 23.7 Å². The highest BCUT2D eigenvalue weighted by Gasteiger charge is 2.25. The number of nitrogens with one attached hydrogen (secondary N) is 1. The summed E-state index contributed by atoms with van der Waals surface area (Å²) in [4.78, 5) is 18.5. The summed E-state index contributed by atoms with van der Waals surface area (Å²) < 4.78 is 5.20. The molecule has 0 saturated carbocycles. The zero-order chi connectivity index (χ0) is 30.2. The van der Waals surface area contributed by atoms with Crippen LogP contribution in [0.25, 0.3) is 0 Å². The number of carbonyl (C=O) groups is 1. The first-order chi connectivity index (χ1) is 20.4. The minimum Gasteiger partial charge on any atom is -0.449 e. The Hall–Kier alpha value is -2.71. The molecule has 42 heavy (non-hydrogen) atoms. The number of hydrogen-bond donors (Lipinski definition) is 1. The molecule has 2 aromatic carbocycles. The van der Waals surface area contributed by atoms with Gasteiger partial charge in [-0.25, -0.2) is 4.79 Å². The van der Waals surface area contributed by atoms with Gasteiger partial charge < -0.3 is 15.0 Å². The molecule has 0 radical (unpaired) electrons. The first kappa shape index (κ1) is 33.8. The maximum Gasteiger partial charge on any atom is 0.409 e. The van der Waals surface area contributed by atoms with Gasteiger partial charge in [0.2, 0.25) is 0 Å². The van der Waals surface area contributed by atoms with Crippen molar-refractivity contribution in [1.82, 2.24) is 20.0 Å². The molecule has 226 valence electrons. The van der Waals surface area contributed by atoms with Gasteiger partial charge in [0, 0.05) is 73.5 Å². The van der Waals surface area contributed by atoms with Crippen LogP contribution < -0.4 is 5.32 Å². The normalized spacial score (nSPS) is 16.9. The molecule has 2 aliphatic rings. The Balaban J connectivity index is 0.000000240. The number of amides is 1. The smallest absolute Gasteiger partial charge is 0.409 e. The average molecular weight is 612 g/mol. The molecule has 2 atom stereocenters. The number of rotatable bonds is 6. The number of benzene rings is 2. The fourth-order valence-electron chi connectivity index (χ4n) is 4.86. The number of halogens is 2. The Bertz CT molecular complexity index is 1240. The molecule has 1 N–H and O–H groups in total. The Morgan fingerprint density at radius 3 is 1.76 bits per heavy atom. The Labute approximate surface area is 262 Å². The van der Waals surface area contributed by atoms with Gasteiger partial charge in [0.15, 0.2) is 0 Å². The maximum absolute atomic E-state index is 11.9. The number of nitrogens with zero attached hydrogens (tertiary/aromatic N) is 3. The van der Waals surface area contributed by atoms with Crippen LogP contribution in [0.4, 0.5) is 4.79 Å². The van der Waals surface area contributed by atoms with Crippen LogP contribution in [0.2, 0.25) is 10.0 Å². The lowest BCUT2D eigenvalue weighted by molar-refractivity contribution is 0.0702. The van der Waals surface area contributed by atoms with Gasteiger partial charge in [-0.3, -0.25) is 9.80 Å². The molecule has 2 aromatic rings. The van der Waals surface area contributed by atoms with Gasteiger partial charge in [-0.15, -0.1) is 0 Å². The molecule has 0 bridgehead atoms. The molecular weight excluding hydrogens is 567 g/mol. The van der Waals surface area contributed by atoms with Gasteiger partial charge in [0.25, 0.3) is 0 Å². The first-order valence-corrected chi connectivity index (χ1v) is 15.8. The van der Waals surface area contributed by atoms with Gasteiger partial charge in [0.1, 0.15) is 0 Å². The predicted molar refractivity (Wildman–Crippen MR) is 174 cm³/mol. The van der Waals surface area contributed by atoms with Crippen LogP contribution in [0.3, 0.4) is 0 Å². The highest BCUT2D eigenvalue weighted by atomic mass is 35.5. The molecule has 2 unspecified atom stereocenters. The quantitative estimate of drug-likeness (QED) is 0.406. The third kappa shape index (κ3) is 11.5. The van der Waals surface area contributed by atoms with E-state index in [9.17, 15) is 4.79 Å². The molecule has 2 heterocycles. The van der Waals surface area contributed by atoms with E-state index in [0.29, 0.717) is 30.8 Å². The summed E-state index contributed by atoms with van der Waals surface area (Å²) in [7, 11) is 0. The summed E-state index contributed by atoms with van der Waals surface area (Å²) in [5.74, 6) is 13.2. The Kier molecular flexibility index (Phi) is 15.1. The van der Waals surface area contributed by atoms with E-state index in [-0.39, 0.29) is 12.1 Å². The van der Waals surface area contributed by atoms with Gasteiger partial charge >= 0.3 is 6.09 Å². The lowest BCUT2D eigenvalue weighted by Gasteiger charge is -2.36. The molecule has 6 nitrogen and oxygen atoms in total. The van der Waals surface area contributed by atoms with Crippen molar-refractivity contribution in [3.05, 3.63) is 69.7 Å². The van der Waals surface area contributed by atoms with E-state index in [1.807, 2.05) is 55.5 Å². The van der Waals surface area contributed by atoms with Gasteiger partial charge in [-0.05, 0) is 55.7 Å². The van der Waals surface area contributed by atoms with Crippen molar-refractivity contribution in [3.63, 3.8) is 0 Å². The van der Waals surface area contributed by atoms with Crippen molar-refractivity contribution >= 4 is 29.3 Å². The van der Waals surface area contributed by atoms with Crippen molar-refractivity contribution in [2.24, 2.45) is 0 Å². The molecule has 2 aliphatic heterocycles. The second kappa shape index (κ2) is 18.7. The molecule has 0 aliphatic carbocycles. The highest BCUT2D eigenvalue weighted by molar-refractivity contribution is 6.30. The molecule has 2 fully saturated rings. The van der Waals surface area contributed by atoms with Crippen molar-refractivity contribution in [2.45, 2.75) is 52.1 Å². The van der Waals surface area contributed by atoms with E-state index in [1.165, 1.54) is 0 Å². The standard InChI is InChI=1S/C19H25ClN2O2.C15H19ClN2/c1-3-14-24-19(23)22-12-10-21(11-13-22)18(4-2)9-8-16-6-5-7-17(20)15-16;1-2-15(18-10-8-17-9-11-18)7-6-13-4-3-5-14(16)12-13/h5-7,15,18H,3-4,10-14H2,1-2H3;3-5,12,15,17H,2,8-11H2,1H3. The van der Waals surface area contributed by atoms with Crippen LogP contribution in [0.5, 0.6) is 0 Å². The highest BCUT2D eigenvalue weighted by Crippen LogP contribution is 2.13. The largest absolute Gasteiger partial charge is 0.449 e. The summed E-state index contributed by atoms with van der Waals surface area (Å²) in [6, 6.07) is 15.9. The summed E-state index contributed by atoms with van der Waals surface area (Å²) in [5.41, 5.74) is 1.93. The lowest BCUT2D eigenvalue weighted by Crippen LogP contribution is -2.51. The topological polar surface area (TPSA) is 48.1 Å². The molecular formula is C34H44Cl2N4O2.